The summed E-state index contributed by atoms with van der Waals surface area (Å²) in [6.45, 7) is 3.46. The van der Waals surface area contributed by atoms with Gasteiger partial charge in [-0.3, -0.25) is 4.98 Å². The average Bonchev–Trinajstić information content (AvgIpc) is 2.45. The number of aromatic nitrogens is 1. The van der Waals surface area contributed by atoms with Crippen molar-refractivity contribution in [2.24, 2.45) is 11.7 Å². The molecular weight excluding hydrogens is 224 g/mol. The SMILES string of the molecule is CCC1CCCCC1OCc1ccnc(CN)c1. The highest BCUT2D eigenvalue weighted by Crippen LogP contribution is 2.29. The standard InChI is InChI=1S/C15H24N2O/c1-2-13-5-3-4-6-15(13)18-11-12-7-8-17-14(9-12)10-16/h7-9,13,15H,2-6,10-11,16H2,1H3. The van der Waals surface area contributed by atoms with Gasteiger partial charge in [0.15, 0.2) is 0 Å². The molecule has 0 spiro atoms. The van der Waals surface area contributed by atoms with Crippen LogP contribution < -0.4 is 5.73 Å². The quantitative estimate of drug-likeness (QED) is 0.871. The van der Waals surface area contributed by atoms with Crippen molar-refractivity contribution in [2.45, 2.75) is 58.3 Å². The van der Waals surface area contributed by atoms with Crippen LogP contribution in [0.1, 0.15) is 50.3 Å². The second kappa shape index (κ2) is 6.86. The highest BCUT2D eigenvalue weighted by Gasteiger charge is 2.24. The maximum Gasteiger partial charge on any atom is 0.0721 e. The molecule has 2 N–H and O–H groups in total. The molecule has 3 heteroatoms. The summed E-state index contributed by atoms with van der Waals surface area (Å²) in [7, 11) is 0. The lowest BCUT2D eigenvalue weighted by Gasteiger charge is -2.30. The fourth-order valence-electron chi connectivity index (χ4n) is 2.79. The van der Waals surface area contributed by atoms with Gasteiger partial charge in [0.05, 0.1) is 18.4 Å². The summed E-state index contributed by atoms with van der Waals surface area (Å²) in [6.07, 6.45) is 8.71. The van der Waals surface area contributed by atoms with E-state index < -0.39 is 0 Å². The van der Waals surface area contributed by atoms with Crippen LogP contribution in [0.15, 0.2) is 18.3 Å². The molecule has 0 radical (unpaired) electrons. The first-order chi connectivity index (χ1) is 8.83. The van der Waals surface area contributed by atoms with Gasteiger partial charge in [0.1, 0.15) is 0 Å². The van der Waals surface area contributed by atoms with Crippen molar-refractivity contribution in [3.05, 3.63) is 29.6 Å². The fraction of sp³-hybridized carbons (Fsp3) is 0.667. The zero-order chi connectivity index (χ0) is 12.8. The fourth-order valence-corrected chi connectivity index (χ4v) is 2.79. The molecule has 2 unspecified atom stereocenters. The summed E-state index contributed by atoms with van der Waals surface area (Å²) in [5.41, 5.74) is 7.72. The van der Waals surface area contributed by atoms with Crippen molar-refractivity contribution in [3.8, 4) is 0 Å². The van der Waals surface area contributed by atoms with Gasteiger partial charge >= 0.3 is 0 Å². The second-order valence-electron chi connectivity index (χ2n) is 5.16. The number of nitrogens with zero attached hydrogens (tertiary/aromatic N) is 1. The van der Waals surface area contributed by atoms with Crippen LogP contribution in [0.5, 0.6) is 0 Å². The highest BCUT2D eigenvalue weighted by molar-refractivity contribution is 5.15. The first kappa shape index (κ1) is 13.5. The van der Waals surface area contributed by atoms with E-state index >= 15 is 0 Å². The molecule has 1 aliphatic carbocycles. The minimum absolute atomic E-state index is 0.443. The van der Waals surface area contributed by atoms with E-state index in [2.05, 4.69) is 11.9 Å². The number of pyridine rings is 1. The molecule has 2 atom stereocenters. The van der Waals surface area contributed by atoms with E-state index in [1.54, 1.807) is 0 Å². The highest BCUT2D eigenvalue weighted by atomic mass is 16.5. The van der Waals surface area contributed by atoms with E-state index in [1.165, 1.54) is 37.7 Å². The number of hydrogen-bond acceptors (Lipinski definition) is 3. The van der Waals surface area contributed by atoms with Crippen molar-refractivity contribution in [1.82, 2.24) is 4.98 Å². The van der Waals surface area contributed by atoms with E-state index in [0.29, 0.717) is 19.3 Å². The molecule has 0 aliphatic heterocycles. The average molecular weight is 248 g/mol. The molecule has 3 nitrogen and oxygen atoms in total. The summed E-state index contributed by atoms with van der Waals surface area (Å²) < 4.78 is 6.10. The van der Waals surface area contributed by atoms with Crippen molar-refractivity contribution in [1.29, 1.82) is 0 Å². The number of hydrogen-bond donors (Lipinski definition) is 1. The molecular formula is C15H24N2O. The normalized spacial score (nSPS) is 24.1. The van der Waals surface area contributed by atoms with Gasteiger partial charge in [-0.15, -0.1) is 0 Å². The molecule has 0 aromatic carbocycles. The Hall–Kier alpha value is -0.930. The van der Waals surface area contributed by atoms with Gasteiger partial charge < -0.3 is 10.5 Å². The lowest BCUT2D eigenvalue weighted by molar-refractivity contribution is -0.0222. The molecule has 0 saturated heterocycles. The molecule has 100 valence electrons. The van der Waals surface area contributed by atoms with Crippen molar-refractivity contribution in [3.63, 3.8) is 0 Å². The van der Waals surface area contributed by atoms with Crippen LogP contribution in [0.2, 0.25) is 0 Å². The van der Waals surface area contributed by atoms with Crippen LogP contribution in [-0.4, -0.2) is 11.1 Å². The van der Waals surface area contributed by atoms with Crippen LogP contribution in [-0.2, 0) is 17.9 Å². The molecule has 1 heterocycles. The van der Waals surface area contributed by atoms with E-state index in [1.807, 2.05) is 18.3 Å². The predicted octanol–water partition coefficient (Wildman–Crippen LogP) is 3.03. The van der Waals surface area contributed by atoms with Gasteiger partial charge in [0, 0.05) is 12.7 Å². The van der Waals surface area contributed by atoms with Crippen LogP contribution in [0.25, 0.3) is 0 Å². The van der Waals surface area contributed by atoms with Crippen LogP contribution in [0, 0.1) is 5.92 Å². The lowest BCUT2D eigenvalue weighted by atomic mass is 9.85. The predicted molar refractivity (Wildman–Crippen MR) is 73.0 cm³/mol. The molecule has 1 aromatic heterocycles. The minimum atomic E-state index is 0.443. The van der Waals surface area contributed by atoms with Gasteiger partial charge in [0.2, 0.25) is 0 Å². The van der Waals surface area contributed by atoms with Gasteiger partial charge in [-0.1, -0.05) is 26.2 Å². The van der Waals surface area contributed by atoms with Crippen LogP contribution in [0.4, 0.5) is 0 Å². The molecule has 1 aromatic rings. The summed E-state index contributed by atoms with van der Waals surface area (Å²) >= 11 is 0. The molecule has 0 bridgehead atoms. The zero-order valence-corrected chi connectivity index (χ0v) is 11.3. The van der Waals surface area contributed by atoms with E-state index in [4.69, 9.17) is 10.5 Å². The maximum atomic E-state index is 6.10. The largest absolute Gasteiger partial charge is 0.373 e. The number of ether oxygens (including phenoxy) is 1. The Morgan fingerprint density at radius 3 is 3.00 bits per heavy atom. The maximum absolute atomic E-state index is 6.10. The van der Waals surface area contributed by atoms with Crippen molar-refractivity contribution < 1.29 is 4.74 Å². The number of nitrogens with two attached hydrogens (primary N) is 1. The lowest BCUT2D eigenvalue weighted by Crippen LogP contribution is -2.27. The summed E-state index contributed by atoms with van der Waals surface area (Å²) in [6, 6.07) is 4.06. The van der Waals surface area contributed by atoms with E-state index in [0.717, 1.165) is 11.6 Å². The van der Waals surface area contributed by atoms with Gasteiger partial charge in [0.25, 0.3) is 0 Å². The van der Waals surface area contributed by atoms with Gasteiger partial charge in [-0.05, 0) is 36.5 Å². The molecule has 2 rings (SSSR count). The summed E-state index contributed by atoms with van der Waals surface area (Å²) in [5.74, 6) is 0.745. The van der Waals surface area contributed by atoms with E-state index in [9.17, 15) is 0 Å². The molecule has 1 fully saturated rings. The summed E-state index contributed by atoms with van der Waals surface area (Å²) in [4.78, 5) is 4.20. The third-order valence-corrected chi connectivity index (χ3v) is 3.92. The number of rotatable bonds is 5. The van der Waals surface area contributed by atoms with Crippen molar-refractivity contribution >= 4 is 0 Å². The van der Waals surface area contributed by atoms with Crippen LogP contribution >= 0.6 is 0 Å². The van der Waals surface area contributed by atoms with Crippen molar-refractivity contribution in [2.75, 3.05) is 0 Å². The molecule has 1 aliphatic rings. The Bertz CT molecular complexity index is 367. The van der Waals surface area contributed by atoms with Crippen LogP contribution in [0.3, 0.4) is 0 Å². The zero-order valence-electron chi connectivity index (χ0n) is 11.3. The molecule has 1 saturated carbocycles. The van der Waals surface area contributed by atoms with Gasteiger partial charge in [-0.2, -0.15) is 0 Å². The Labute approximate surface area is 110 Å². The molecule has 18 heavy (non-hydrogen) atoms. The smallest absolute Gasteiger partial charge is 0.0721 e. The topological polar surface area (TPSA) is 48.1 Å². The Morgan fingerprint density at radius 2 is 2.22 bits per heavy atom. The van der Waals surface area contributed by atoms with E-state index in [-0.39, 0.29) is 0 Å². The monoisotopic (exact) mass is 248 g/mol. The Morgan fingerprint density at radius 1 is 1.39 bits per heavy atom. The molecule has 0 amide bonds. The second-order valence-corrected chi connectivity index (χ2v) is 5.16. The third-order valence-electron chi connectivity index (χ3n) is 3.92. The first-order valence-electron chi connectivity index (χ1n) is 7.09. The Kier molecular flexibility index (Phi) is 5.14. The third kappa shape index (κ3) is 3.53. The Balaban J connectivity index is 1.89. The van der Waals surface area contributed by atoms with Gasteiger partial charge in [-0.25, -0.2) is 0 Å². The summed E-state index contributed by atoms with van der Waals surface area (Å²) in [5, 5.41) is 0. The minimum Gasteiger partial charge on any atom is -0.373 e. The first-order valence-corrected chi connectivity index (χ1v) is 7.09.